The minimum atomic E-state index is -3.40. The lowest BCUT2D eigenvalue weighted by Gasteiger charge is -2.26. The number of amides is 1. The van der Waals surface area contributed by atoms with Crippen molar-refractivity contribution in [2.75, 3.05) is 52.8 Å². The fourth-order valence-corrected chi connectivity index (χ4v) is 4.38. The molecule has 10 heteroatoms. The molecule has 0 radical (unpaired) electrons. The molecule has 8 nitrogen and oxygen atoms in total. The highest BCUT2D eigenvalue weighted by atomic mass is 127. The zero-order chi connectivity index (χ0) is 18.4. The molecule has 0 aromatic heterocycles. The minimum absolute atomic E-state index is 0.0307. The third-order valence-corrected chi connectivity index (χ3v) is 6.49. The number of rotatable bonds is 7. The van der Waals surface area contributed by atoms with E-state index in [1.54, 1.807) is 12.1 Å². The Kier molecular flexibility index (Phi) is 7.28. The molecule has 1 fully saturated rings. The minimum Gasteiger partial charge on any atom is -0.493 e. The van der Waals surface area contributed by atoms with Crippen molar-refractivity contribution in [3.63, 3.8) is 0 Å². The largest absolute Gasteiger partial charge is 0.493 e. The van der Waals surface area contributed by atoms with Crippen molar-refractivity contribution in [3.05, 3.63) is 21.3 Å². The molecule has 1 saturated heterocycles. The van der Waals surface area contributed by atoms with E-state index >= 15 is 0 Å². The van der Waals surface area contributed by atoms with Gasteiger partial charge in [-0.25, -0.2) is 8.42 Å². The van der Waals surface area contributed by atoms with Crippen molar-refractivity contribution in [2.24, 2.45) is 0 Å². The first-order chi connectivity index (χ1) is 11.9. The fourth-order valence-electron chi connectivity index (χ4n) is 2.37. The van der Waals surface area contributed by atoms with Crippen molar-refractivity contribution in [1.82, 2.24) is 9.62 Å². The van der Waals surface area contributed by atoms with Crippen molar-refractivity contribution < 1.29 is 27.4 Å². The molecule has 1 heterocycles. The van der Waals surface area contributed by atoms with E-state index in [9.17, 15) is 13.2 Å². The second kappa shape index (κ2) is 9.01. The molecule has 0 atom stereocenters. The first-order valence-electron chi connectivity index (χ1n) is 7.64. The van der Waals surface area contributed by atoms with E-state index in [2.05, 4.69) is 5.32 Å². The lowest BCUT2D eigenvalue weighted by molar-refractivity contribution is 0.0730. The number of nitrogens with one attached hydrogen (secondary N) is 1. The van der Waals surface area contributed by atoms with E-state index in [-0.39, 0.29) is 18.2 Å². The Hall–Kier alpha value is -1.11. The summed E-state index contributed by atoms with van der Waals surface area (Å²) in [5.74, 6) is 0.456. The molecule has 140 valence electrons. The lowest BCUT2D eigenvalue weighted by Crippen LogP contribution is -2.43. The van der Waals surface area contributed by atoms with Crippen LogP contribution in [0.1, 0.15) is 10.4 Å². The SMILES string of the molecule is COc1cc(I)c(C(=O)NCCS(=O)(=O)N2CCOCC2)cc1OC. The second-order valence-corrected chi connectivity index (χ2v) is 8.52. The smallest absolute Gasteiger partial charge is 0.252 e. The predicted molar refractivity (Wildman–Crippen MR) is 101 cm³/mol. The van der Waals surface area contributed by atoms with Gasteiger partial charge in [-0.05, 0) is 34.7 Å². The highest BCUT2D eigenvalue weighted by Gasteiger charge is 2.24. The lowest BCUT2D eigenvalue weighted by atomic mass is 10.2. The number of morpholine rings is 1. The summed E-state index contributed by atoms with van der Waals surface area (Å²) < 4.78 is 42.1. The van der Waals surface area contributed by atoms with Gasteiger partial charge in [0.25, 0.3) is 5.91 Å². The Morgan fingerprint density at radius 1 is 1.24 bits per heavy atom. The summed E-state index contributed by atoms with van der Waals surface area (Å²) >= 11 is 2.02. The van der Waals surface area contributed by atoms with Gasteiger partial charge < -0.3 is 19.5 Å². The molecule has 1 aliphatic heterocycles. The number of nitrogens with zero attached hydrogens (tertiary/aromatic N) is 1. The van der Waals surface area contributed by atoms with Crippen molar-refractivity contribution in [1.29, 1.82) is 0 Å². The number of hydrogen-bond acceptors (Lipinski definition) is 6. The molecule has 2 rings (SSSR count). The van der Waals surface area contributed by atoms with Gasteiger partial charge in [0.2, 0.25) is 10.0 Å². The average molecular weight is 484 g/mol. The molecular formula is C15H21IN2O6S. The quantitative estimate of drug-likeness (QED) is 0.573. The van der Waals surface area contributed by atoms with Crippen LogP contribution < -0.4 is 14.8 Å². The molecule has 0 saturated carbocycles. The van der Waals surface area contributed by atoms with Crippen LogP contribution in [0.15, 0.2) is 12.1 Å². The fraction of sp³-hybridized carbons (Fsp3) is 0.533. The first kappa shape index (κ1) is 20.2. The Labute approximate surface area is 161 Å². The van der Waals surface area contributed by atoms with Crippen LogP contribution in [0.4, 0.5) is 0 Å². The molecule has 0 aliphatic carbocycles. The molecule has 1 amide bonds. The Morgan fingerprint density at radius 3 is 2.44 bits per heavy atom. The number of ether oxygens (including phenoxy) is 3. The molecule has 0 unspecified atom stereocenters. The van der Waals surface area contributed by atoms with Gasteiger partial charge in [0.1, 0.15) is 0 Å². The van der Waals surface area contributed by atoms with E-state index in [4.69, 9.17) is 14.2 Å². The van der Waals surface area contributed by atoms with Gasteiger partial charge >= 0.3 is 0 Å². The second-order valence-electron chi connectivity index (χ2n) is 5.27. The number of halogens is 1. The van der Waals surface area contributed by atoms with E-state index in [0.717, 1.165) is 0 Å². The maximum atomic E-state index is 12.4. The van der Waals surface area contributed by atoms with E-state index < -0.39 is 10.0 Å². The standard InChI is InChI=1S/C15H21IN2O6S/c1-22-13-9-11(12(16)10-14(13)23-2)15(19)17-3-8-25(20,21)18-4-6-24-7-5-18/h9-10H,3-8H2,1-2H3,(H,17,19). The van der Waals surface area contributed by atoms with Crippen LogP contribution in [0.5, 0.6) is 11.5 Å². The summed E-state index contributed by atoms with van der Waals surface area (Å²) in [6.45, 7) is 1.53. The van der Waals surface area contributed by atoms with Crippen LogP contribution in [0, 0.1) is 3.57 Å². The number of carbonyl (C=O) groups is 1. The average Bonchev–Trinajstić information content (AvgIpc) is 2.61. The third-order valence-electron chi connectivity index (χ3n) is 3.73. The maximum Gasteiger partial charge on any atom is 0.252 e. The van der Waals surface area contributed by atoms with Gasteiger partial charge in [-0.1, -0.05) is 0 Å². The van der Waals surface area contributed by atoms with Gasteiger partial charge in [-0.2, -0.15) is 4.31 Å². The summed E-state index contributed by atoms with van der Waals surface area (Å²) in [6.07, 6.45) is 0. The topological polar surface area (TPSA) is 94.2 Å². The maximum absolute atomic E-state index is 12.4. The zero-order valence-electron chi connectivity index (χ0n) is 14.1. The van der Waals surface area contributed by atoms with Crippen molar-refractivity contribution >= 4 is 38.5 Å². The van der Waals surface area contributed by atoms with Crippen LogP contribution in [-0.2, 0) is 14.8 Å². The summed E-state index contributed by atoms with van der Waals surface area (Å²) in [7, 11) is -0.397. The molecule has 1 aromatic carbocycles. The molecule has 1 aliphatic rings. The summed E-state index contributed by atoms with van der Waals surface area (Å²) in [5.41, 5.74) is 0.405. The van der Waals surface area contributed by atoms with E-state index in [0.29, 0.717) is 46.9 Å². The molecule has 1 N–H and O–H groups in total. The van der Waals surface area contributed by atoms with Gasteiger partial charge in [-0.15, -0.1) is 0 Å². The predicted octanol–water partition coefficient (Wildman–Crippen LogP) is 0.700. The van der Waals surface area contributed by atoms with Crippen LogP contribution >= 0.6 is 22.6 Å². The zero-order valence-corrected chi connectivity index (χ0v) is 17.1. The summed E-state index contributed by atoms with van der Waals surface area (Å²) in [6, 6.07) is 3.27. The highest BCUT2D eigenvalue weighted by Crippen LogP contribution is 2.31. The van der Waals surface area contributed by atoms with Crippen LogP contribution in [0.25, 0.3) is 0 Å². The molecule has 25 heavy (non-hydrogen) atoms. The van der Waals surface area contributed by atoms with Gasteiger partial charge in [0.15, 0.2) is 11.5 Å². The van der Waals surface area contributed by atoms with Gasteiger partial charge in [0, 0.05) is 23.2 Å². The van der Waals surface area contributed by atoms with Crippen LogP contribution in [-0.4, -0.2) is 71.5 Å². The van der Waals surface area contributed by atoms with E-state index in [1.165, 1.54) is 18.5 Å². The van der Waals surface area contributed by atoms with Crippen molar-refractivity contribution in [2.45, 2.75) is 0 Å². The Bertz CT molecular complexity index is 719. The first-order valence-corrected chi connectivity index (χ1v) is 10.3. The van der Waals surface area contributed by atoms with Crippen molar-refractivity contribution in [3.8, 4) is 11.5 Å². The highest BCUT2D eigenvalue weighted by molar-refractivity contribution is 14.1. The Morgan fingerprint density at radius 2 is 1.84 bits per heavy atom. The summed E-state index contributed by atoms with van der Waals surface area (Å²) in [4.78, 5) is 12.4. The number of methoxy groups -OCH3 is 2. The Balaban J connectivity index is 1.98. The van der Waals surface area contributed by atoms with Crippen LogP contribution in [0.2, 0.25) is 0 Å². The molecule has 0 spiro atoms. The number of sulfonamides is 1. The molecular weight excluding hydrogens is 463 g/mol. The van der Waals surface area contributed by atoms with Crippen LogP contribution in [0.3, 0.4) is 0 Å². The van der Waals surface area contributed by atoms with E-state index in [1.807, 2.05) is 22.6 Å². The van der Waals surface area contributed by atoms with Gasteiger partial charge in [-0.3, -0.25) is 4.79 Å². The summed E-state index contributed by atoms with van der Waals surface area (Å²) in [5, 5.41) is 2.65. The monoisotopic (exact) mass is 484 g/mol. The third kappa shape index (κ3) is 5.19. The molecule has 1 aromatic rings. The normalized spacial score (nSPS) is 15.6. The number of benzene rings is 1. The number of carbonyl (C=O) groups excluding carboxylic acids is 1. The number of hydrogen-bond donors (Lipinski definition) is 1. The van der Waals surface area contributed by atoms with Gasteiger partial charge in [0.05, 0.1) is 38.7 Å². The molecule has 0 bridgehead atoms.